The predicted octanol–water partition coefficient (Wildman–Crippen LogP) is 4.74. The largest absolute Gasteiger partial charge is 0.507 e. The van der Waals surface area contributed by atoms with Crippen molar-refractivity contribution in [3.63, 3.8) is 0 Å². The second-order valence-electron chi connectivity index (χ2n) is 6.44. The van der Waals surface area contributed by atoms with Gasteiger partial charge in [-0.2, -0.15) is 0 Å². The summed E-state index contributed by atoms with van der Waals surface area (Å²) in [6.07, 6.45) is 2.89. The molecule has 2 N–H and O–H groups in total. The smallest absolute Gasteiger partial charge is 0.254 e. The highest BCUT2D eigenvalue weighted by molar-refractivity contribution is 6.00. The Morgan fingerprint density at radius 2 is 1.89 bits per heavy atom. The number of rotatable bonds is 5. The Bertz CT molecular complexity index is 1120. The number of ether oxygens (including phenoxy) is 1. The maximum absolute atomic E-state index is 12.1. The minimum Gasteiger partial charge on any atom is -0.507 e. The van der Waals surface area contributed by atoms with E-state index in [4.69, 9.17) is 9.15 Å². The first-order chi connectivity index (χ1) is 13.7. The second-order valence-corrected chi connectivity index (χ2v) is 6.44. The molecule has 0 fully saturated rings. The van der Waals surface area contributed by atoms with E-state index >= 15 is 0 Å². The van der Waals surface area contributed by atoms with Gasteiger partial charge in [0.1, 0.15) is 17.8 Å². The van der Waals surface area contributed by atoms with E-state index in [9.17, 15) is 9.90 Å². The van der Waals surface area contributed by atoms with E-state index in [0.29, 0.717) is 12.1 Å². The number of carbonyl (C=O) groups is 1. The Kier molecular flexibility index (Phi) is 4.72. The Morgan fingerprint density at radius 1 is 1.07 bits per heavy atom. The third kappa shape index (κ3) is 3.42. The normalized spacial score (nSPS) is 10.8. The van der Waals surface area contributed by atoms with E-state index in [1.54, 1.807) is 19.2 Å². The molecule has 4 aromatic rings. The number of hydrogen-bond donors (Lipinski definition) is 2. The number of hydrogen-bond acceptors (Lipinski definition) is 4. The Morgan fingerprint density at radius 3 is 2.61 bits per heavy atom. The van der Waals surface area contributed by atoms with E-state index in [1.165, 1.54) is 12.5 Å². The maximum atomic E-state index is 12.1. The van der Waals surface area contributed by atoms with E-state index < -0.39 is 0 Å². The van der Waals surface area contributed by atoms with Gasteiger partial charge in [-0.25, -0.2) is 0 Å². The molecular formula is C23H19NO4. The summed E-state index contributed by atoms with van der Waals surface area (Å²) in [5, 5.41) is 15.2. The van der Waals surface area contributed by atoms with Gasteiger partial charge in [-0.15, -0.1) is 0 Å². The monoisotopic (exact) mass is 373 g/mol. The highest BCUT2D eigenvalue weighted by Gasteiger charge is 2.11. The van der Waals surface area contributed by atoms with Gasteiger partial charge >= 0.3 is 0 Å². The highest BCUT2D eigenvalue weighted by atomic mass is 16.5. The number of furan rings is 1. The van der Waals surface area contributed by atoms with Crippen LogP contribution < -0.4 is 10.1 Å². The molecule has 1 heterocycles. The number of carbonyl (C=O) groups excluding carboxylic acids is 1. The van der Waals surface area contributed by atoms with Crippen molar-refractivity contribution in [1.29, 1.82) is 0 Å². The van der Waals surface area contributed by atoms with Gasteiger partial charge in [-0.05, 0) is 52.2 Å². The molecular weight excluding hydrogens is 354 g/mol. The summed E-state index contributed by atoms with van der Waals surface area (Å²) in [5.41, 5.74) is 3.14. The van der Waals surface area contributed by atoms with Crippen molar-refractivity contribution in [1.82, 2.24) is 5.32 Å². The lowest BCUT2D eigenvalue weighted by Gasteiger charge is -2.12. The third-order valence-corrected chi connectivity index (χ3v) is 4.68. The summed E-state index contributed by atoms with van der Waals surface area (Å²) in [6, 6.07) is 18.7. The molecule has 140 valence electrons. The fourth-order valence-electron chi connectivity index (χ4n) is 3.22. The van der Waals surface area contributed by atoms with Crippen LogP contribution in [0.25, 0.3) is 21.9 Å². The number of fused-ring (bicyclic) bond motifs is 1. The van der Waals surface area contributed by atoms with Crippen LogP contribution in [-0.4, -0.2) is 18.1 Å². The van der Waals surface area contributed by atoms with E-state index in [2.05, 4.69) is 5.32 Å². The summed E-state index contributed by atoms with van der Waals surface area (Å²) < 4.78 is 10.1. The minimum absolute atomic E-state index is 0.182. The first-order valence-corrected chi connectivity index (χ1v) is 8.85. The molecule has 0 spiro atoms. The van der Waals surface area contributed by atoms with Gasteiger partial charge in [0.25, 0.3) is 5.91 Å². The molecule has 0 atom stereocenters. The number of benzene rings is 3. The topological polar surface area (TPSA) is 71.7 Å². The summed E-state index contributed by atoms with van der Waals surface area (Å²) >= 11 is 0. The van der Waals surface area contributed by atoms with Gasteiger partial charge in [0.2, 0.25) is 0 Å². The Labute approximate surface area is 162 Å². The van der Waals surface area contributed by atoms with Crippen LogP contribution >= 0.6 is 0 Å². The number of aromatic hydroxyl groups is 1. The van der Waals surface area contributed by atoms with Crippen molar-refractivity contribution in [3.05, 3.63) is 84.3 Å². The van der Waals surface area contributed by atoms with Gasteiger partial charge in [-0.1, -0.05) is 30.3 Å². The summed E-state index contributed by atoms with van der Waals surface area (Å²) in [7, 11) is 1.62. The fourth-order valence-corrected chi connectivity index (χ4v) is 3.22. The number of methoxy groups -OCH3 is 1. The van der Waals surface area contributed by atoms with Gasteiger partial charge in [0, 0.05) is 12.1 Å². The molecule has 1 amide bonds. The summed E-state index contributed by atoms with van der Waals surface area (Å²) in [4.78, 5) is 12.1. The van der Waals surface area contributed by atoms with Crippen LogP contribution in [-0.2, 0) is 6.54 Å². The number of nitrogens with one attached hydrogen (secondary N) is 1. The van der Waals surface area contributed by atoms with Crippen LogP contribution in [0.4, 0.5) is 0 Å². The van der Waals surface area contributed by atoms with Crippen molar-refractivity contribution < 1.29 is 19.1 Å². The quantitative estimate of drug-likeness (QED) is 0.530. The Hall–Kier alpha value is -3.73. The number of phenols is 1. The minimum atomic E-state index is -0.182. The lowest BCUT2D eigenvalue weighted by molar-refractivity contribution is 0.0950. The van der Waals surface area contributed by atoms with Crippen LogP contribution in [0, 0.1) is 0 Å². The molecule has 0 radical (unpaired) electrons. The van der Waals surface area contributed by atoms with Crippen molar-refractivity contribution in [2.24, 2.45) is 0 Å². The molecule has 28 heavy (non-hydrogen) atoms. The Balaban J connectivity index is 1.63. The van der Waals surface area contributed by atoms with Gasteiger partial charge in [-0.3, -0.25) is 4.79 Å². The number of amides is 1. The predicted molar refractivity (Wildman–Crippen MR) is 107 cm³/mol. The van der Waals surface area contributed by atoms with E-state index in [-0.39, 0.29) is 11.7 Å². The van der Waals surface area contributed by atoms with Crippen LogP contribution in [0.2, 0.25) is 0 Å². The van der Waals surface area contributed by atoms with E-state index in [0.717, 1.165) is 33.2 Å². The fraction of sp³-hybridized carbons (Fsp3) is 0.0870. The van der Waals surface area contributed by atoms with Crippen molar-refractivity contribution in [2.75, 3.05) is 7.11 Å². The van der Waals surface area contributed by atoms with Gasteiger partial charge < -0.3 is 19.6 Å². The van der Waals surface area contributed by atoms with Crippen molar-refractivity contribution in [2.45, 2.75) is 6.54 Å². The zero-order chi connectivity index (χ0) is 19.5. The molecule has 5 heteroatoms. The average Bonchev–Trinajstić information content (AvgIpc) is 3.27. The molecule has 0 aliphatic heterocycles. The van der Waals surface area contributed by atoms with Crippen LogP contribution in [0.15, 0.2) is 77.6 Å². The number of phenolic OH excluding ortho intramolecular Hbond substituents is 1. The lowest BCUT2D eigenvalue weighted by Crippen LogP contribution is -2.22. The van der Waals surface area contributed by atoms with Gasteiger partial charge in [0.05, 0.1) is 18.9 Å². The first kappa shape index (κ1) is 17.7. The van der Waals surface area contributed by atoms with Gasteiger partial charge in [0.15, 0.2) is 0 Å². The molecule has 0 bridgehead atoms. The molecule has 1 aromatic heterocycles. The standard InChI is InChI=1S/C23H19NO4/c1-27-19-6-3-16(4-7-19)22-20-8-2-15(12-17(20)5-9-21(22)25)13-24-23(26)18-10-11-28-14-18/h2-12,14,25H,13H2,1H3,(H,24,26). The lowest BCUT2D eigenvalue weighted by atomic mass is 9.96. The molecule has 4 rings (SSSR count). The summed E-state index contributed by atoms with van der Waals surface area (Å²) in [5.74, 6) is 0.802. The molecule has 3 aromatic carbocycles. The maximum Gasteiger partial charge on any atom is 0.254 e. The molecule has 5 nitrogen and oxygen atoms in total. The van der Waals surface area contributed by atoms with Crippen molar-refractivity contribution >= 4 is 16.7 Å². The molecule has 0 unspecified atom stereocenters. The molecule has 0 aliphatic rings. The second kappa shape index (κ2) is 7.48. The molecule has 0 saturated carbocycles. The van der Waals surface area contributed by atoms with Crippen LogP contribution in [0.1, 0.15) is 15.9 Å². The summed E-state index contributed by atoms with van der Waals surface area (Å²) in [6.45, 7) is 0.401. The molecule has 0 aliphatic carbocycles. The van der Waals surface area contributed by atoms with Crippen molar-refractivity contribution in [3.8, 4) is 22.6 Å². The zero-order valence-corrected chi connectivity index (χ0v) is 15.3. The van der Waals surface area contributed by atoms with Crippen LogP contribution in [0.3, 0.4) is 0 Å². The first-order valence-electron chi connectivity index (χ1n) is 8.85. The van der Waals surface area contributed by atoms with Crippen LogP contribution in [0.5, 0.6) is 11.5 Å². The average molecular weight is 373 g/mol. The highest BCUT2D eigenvalue weighted by Crippen LogP contribution is 2.37. The SMILES string of the molecule is COc1ccc(-c2c(O)ccc3cc(CNC(=O)c4ccoc4)ccc23)cc1. The third-order valence-electron chi connectivity index (χ3n) is 4.68. The molecule has 0 saturated heterocycles. The zero-order valence-electron chi connectivity index (χ0n) is 15.3. The van der Waals surface area contributed by atoms with E-state index in [1.807, 2.05) is 48.5 Å².